The number of nitrogens with zero attached hydrogens (tertiary/aromatic N) is 3. The van der Waals surface area contributed by atoms with Crippen LogP contribution in [0.15, 0.2) is 12.4 Å². The third-order valence-corrected chi connectivity index (χ3v) is 2.64. The topological polar surface area (TPSA) is 50.3 Å². The number of nitrogens with one attached hydrogen (secondary N) is 1. The molecule has 96 valence electrons. The molecule has 0 fully saturated rings. The maximum atomic E-state index is 5.11. The van der Waals surface area contributed by atoms with Crippen LogP contribution >= 0.6 is 0 Å². The average molecular weight is 238 g/mol. The van der Waals surface area contributed by atoms with E-state index in [-0.39, 0.29) is 0 Å². The highest BCUT2D eigenvalue weighted by molar-refractivity contribution is 5.29. The van der Waals surface area contributed by atoms with Crippen molar-refractivity contribution in [1.82, 2.24) is 14.9 Å². The van der Waals surface area contributed by atoms with Crippen molar-refractivity contribution >= 4 is 5.82 Å². The first-order valence-electron chi connectivity index (χ1n) is 5.89. The molecule has 1 aromatic heterocycles. The molecule has 0 aromatic carbocycles. The van der Waals surface area contributed by atoms with Gasteiger partial charge in [-0.1, -0.05) is 0 Å². The van der Waals surface area contributed by atoms with Gasteiger partial charge in [-0.05, 0) is 13.8 Å². The van der Waals surface area contributed by atoms with Gasteiger partial charge in [0.05, 0.1) is 24.7 Å². The molecule has 0 aliphatic rings. The zero-order valence-electron chi connectivity index (χ0n) is 11.1. The summed E-state index contributed by atoms with van der Waals surface area (Å²) in [5.41, 5.74) is 0.980. The summed E-state index contributed by atoms with van der Waals surface area (Å²) in [5, 5.41) is 2.96. The van der Waals surface area contributed by atoms with E-state index < -0.39 is 0 Å². The minimum absolute atomic E-state index is 0.468. The second-order valence-electron chi connectivity index (χ2n) is 4.20. The summed E-state index contributed by atoms with van der Waals surface area (Å²) in [6, 6.07) is 0.468. The van der Waals surface area contributed by atoms with Gasteiger partial charge in [0.25, 0.3) is 0 Å². The standard InChI is InChI=1S/C12H22N4O/c1-10(2)16(5-6-17-4)9-11-7-15-12(13-3)8-14-11/h7-8,10H,5-6,9H2,1-4H3,(H,13,15). The van der Waals surface area contributed by atoms with Crippen molar-refractivity contribution in [2.75, 3.05) is 32.6 Å². The second kappa shape index (κ2) is 7.19. The van der Waals surface area contributed by atoms with Gasteiger partial charge < -0.3 is 10.1 Å². The van der Waals surface area contributed by atoms with E-state index in [1.165, 1.54) is 0 Å². The smallest absolute Gasteiger partial charge is 0.144 e. The van der Waals surface area contributed by atoms with E-state index in [4.69, 9.17) is 4.74 Å². The SMILES string of the molecule is CNc1cnc(CN(CCOC)C(C)C)cn1. The minimum Gasteiger partial charge on any atom is -0.383 e. The summed E-state index contributed by atoms with van der Waals surface area (Å²) in [6.07, 6.45) is 3.57. The van der Waals surface area contributed by atoms with Gasteiger partial charge in [0.2, 0.25) is 0 Å². The molecule has 0 radical (unpaired) electrons. The lowest BCUT2D eigenvalue weighted by Gasteiger charge is -2.25. The van der Waals surface area contributed by atoms with Crippen LogP contribution in [0.5, 0.6) is 0 Å². The van der Waals surface area contributed by atoms with Crippen LogP contribution in [-0.4, -0.2) is 48.2 Å². The highest BCUT2D eigenvalue weighted by Gasteiger charge is 2.10. The van der Waals surface area contributed by atoms with Crippen LogP contribution in [-0.2, 0) is 11.3 Å². The van der Waals surface area contributed by atoms with Crippen molar-refractivity contribution < 1.29 is 4.74 Å². The lowest BCUT2D eigenvalue weighted by atomic mass is 10.3. The summed E-state index contributed by atoms with van der Waals surface area (Å²) < 4.78 is 5.11. The highest BCUT2D eigenvalue weighted by atomic mass is 16.5. The fraction of sp³-hybridized carbons (Fsp3) is 0.667. The largest absolute Gasteiger partial charge is 0.383 e. The lowest BCUT2D eigenvalue weighted by molar-refractivity contribution is 0.124. The molecular weight excluding hydrogens is 216 g/mol. The first kappa shape index (κ1) is 13.9. The van der Waals surface area contributed by atoms with E-state index in [1.54, 1.807) is 13.3 Å². The summed E-state index contributed by atoms with van der Waals surface area (Å²) in [7, 11) is 3.56. The highest BCUT2D eigenvalue weighted by Crippen LogP contribution is 2.06. The molecule has 1 aromatic rings. The Bertz CT molecular complexity index is 313. The molecule has 0 bridgehead atoms. The van der Waals surface area contributed by atoms with Gasteiger partial charge in [-0.3, -0.25) is 9.88 Å². The van der Waals surface area contributed by atoms with Crippen LogP contribution < -0.4 is 5.32 Å². The van der Waals surface area contributed by atoms with Gasteiger partial charge in [-0.25, -0.2) is 4.98 Å². The Hall–Kier alpha value is -1.20. The van der Waals surface area contributed by atoms with E-state index in [9.17, 15) is 0 Å². The number of ether oxygens (including phenoxy) is 1. The molecule has 5 nitrogen and oxygen atoms in total. The number of methoxy groups -OCH3 is 1. The molecular formula is C12H22N4O. The van der Waals surface area contributed by atoms with Crippen LogP contribution in [0.25, 0.3) is 0 Å². The van der Waals surface area contributed by atoms with Crippen LogP contribution in [0.1, 0.15) is 19.5 Å². The van der Waals surface area contributed by atoms with Crippen molar-refractivity contribution in [3.05, 3.63) is 18.1 Å². The van der Waals surface area contributed by atoms with Crippen LogP contribution in [0.3, 0.4) is 0 Å². The van der Waals surface area contributed by atoms with E-state index in [2.05, 4.69) is 34.0 Å². The summed E-state index contributed by atoms with van der Waals surface area (Å²) in [6.45, 7) is 6.79. The van der Waals surface area contributed by atoms with Crippen molar-refractivity contribution in [3.63, 3.8) is 0 Å². The molecule has 5 heteroatoms. The molecule has 0 aliphatic carbocycles. The van der Waals surface area contributed by atoms with Crippen LogP contribution in [0.2, 0.25) is 0 Å². The average Bonchev–Trinajstić information content (AvgIpc) is 2.35. The van der Waals surface area contributed by atoms with Crippen molar-refractivity contribution in [2.24, 2.45) is 0 Å². The Morgan fingerprint density at radius 1 is 1.35 bits per heavy atom. The fourth-order valence-corrected chi connectivity index (χ4v) is 1.50. The lowest BCUT2D eigenvalue weighted by Crippen LogP contribution is -2.33. The van der Waals surface area contributed by atoms with E-state index in [0.717, 1.165) is 31.2 Å². The molecule has 1 heterocycles. The third kappa shape index (κ3) is 4.66. The molecule has 0 saturated carbocycles. The quantitative estimate of drug-likeness (QED) is 0.777. The van der Waals surface area contributed by atoms with Gasteiger partial charge in [-0.2, -0.15) is 0 Å². The van der Waals surface area contributed by atoms with Gasteiger partial charge in [0, 0.05) is 33.3 Å². The molecule has 0 aliphatic heterocycles. The summed E-state index contributed by atoms with van der Waals surface area (Å²) >= 11 is 0. The minimum atomic E-state index is 0.468. The molecule has 0 unspecified atom stereocenters. The van der Waals surface area contributed by atoms with Gasteiger partial charge in [0.1, 0.15) is 5.82 Å². The number of hydrogen-bond acceptors (Lipinski definition) is 5. The molecule has 0 amide bonds. The number of anilines is 1. The van der Waals surface area contributed by atoms with Crippen LogP contribution in [0.4, 0.5) is 5.82 Å². The normalized spacial score (nSPS) is 11.2. The monoisotopic (exact) mass is 238 g/mol. The number of aromatic nitrogens is 2. The second-order valence-corrected chi connectivity index (χ2v) is 4.20. The Morgan fingerprint density at radius 3 is 2.59 bits per heavy atom. The van der Waals surface area contributed by atoms with Crippen molar-refractivity contribution in [3.8, 4) is 0 Å². The molecule has 1 N–H and O–H groups in total. The van der Waals surface area contributed by atoms with E-state index >= 15 is 0 Å². The van der Waals surface area contributed by atoms with E-state index in [0.29, 0.717) is 6.04 Å². The molecule has 1 rings (SSSR count). The zero-order chi connectivity index (χ0) is 12.7. The first-order valence-corrected chi connectivity index (χ1v) is 5.89. The van der Waals surface area contributed by atoms with E-state index in [1.807, 2.05) is 13.2 Å². The fourth-order valence-electron chi connectivity index (χ4n) is 1.50. The molecule has 0 saturated heterocycles. The molecule has 0 atom stereocenters. The first-order chi connectivity index (χ1) is 8.17. The Kier molecular flexibility index (Phi) is 5.86. The van der Waals surface area contributed by atoms with Gasteiger partial charge in [-0.15, -0.1) is 0 Å². The Labute approximate surface area is 103 Å². The Morgan fingerprint density at radius 2 is 2.12 bits per heavy atom. The zero-order valence-corrected chi connectivity index (χ0v) is 11.1. The Balaban J connectivity index is 2.58. The van der Waals surface area contributed by atoms with Gasteiger partial charge in [0.15, 0.2) is 0 Å². The maximum absolute atomic E-state index is 5.11. The van der Waals surface area contributed by atoms with Crippen LogP contribution in [0, 0.1) is 0 Å². The van der Waals surface area contributed by atoms with Crippen molar-refractivity contribution in [1.29, 1.82) is 0 Å². The molecule has 0 spiro atoms. The predicted molar refractivity (Wildman–Crippen MR) is 69.0 cm³/mol. The summed E-state index contributed by atoms with van der Waals surface area (Å²) in [4.78, 5) is 10.9. The third-order valence-electron chi connectivity index (χ3n) is 2.64. The molecule has 17 heavy (non-hydrogen) atoms. The number of rotatable bonds is 7. The summed E-state index contributed by atoms with van der Waals surface area (Å²) in [5.74, 6) is 0.793. The van der Waals surface area contributed by atoms with Gasteiger partial charge >= 0.3 is 0 Å². The predicted octanol–water partition coefficient (Wildman–Crippen LogP) is 1.38. The van der Waals surface area contributed by atoms with Crippen molar-refractivity contribution in [2.45, 2.75) is 26.4 Å². The number of hydrogen-bond donors (Lipinski definition) is 1. The maximum Gasteiger partial charge on any atom is 0.144 e.